The molecule has 0 aliphatic heterocycles. The summed E-state index contributed by atoms with van der Waals surface area (Å²) in [6.07, 6.45) is 2.07. The van der Waals surface area contributed by atoms with Crippen molar-refractivity contribution in [2.24, 2.45) is 11.7 Å². The zero-order chi connectivity index (χ0) is 10.3. The fourth-order valence-corrected chi connectivity index (χ4v) is 1.46. The van der Waals surface area contributed by atoms with Crippen LogP contribution in [0.5, 0.6) is 0 Å². The molecule has 2 atom stereocenters. The van der Waals surface area contributed by atoms with Gasteiger partial charge in [-0.2, -0.15) is 0 Å². The molecule has 0 fully saturated rings. The van der Waals surface area contributed by atoms with Crippen LogP contribution >= 0.6 is 0 Å². The highest BCUT2D eigenvalue weighted by Gasteiger charge is 2.34. The van der Waals surface area contributed by atoms with E-state index in [0.29, 0.717) is 13.0 Å². The van der Waals surface area contributed by atoms with Crippen LogP contribution in [0.1, 0.15) is 33.1 Å². The normalized spacial score (nSPS) is 18.2. The quantitative estimate of drug-likeness (QED) is 0.669. The third-order valence-electron chi connectivity index (χ3n) is 2.68. The molecule has 3 heteroatoms. The van der Waals surface area contributed by atoms with Gasteiger partial charge in [-0.1, -0.05) is 20.3 Å². The van der Waals surface area contributed by atoms with Crippen LogP contribution in [0.25, 0.3) is 0 Å². The summed E-state index contributed by atoms with van der Waals surface area (Å²) in [5, 5.41) is 0. The molecular weight excluding hydrogens is 169 g/mol. The number of hydrogen-bond donors (Lipinski definition) is 1. The molecule has 2 unspecified atom stereocenters. The number of rotatable bonds is 7. The van der Waals surface area contributed by atoms with Crippen molar-refractivity contribution in [1.82, 2.24) is 0 Å². The standard InChI is InChI=1S/C10H22FNO/c1-4-9(2)10(11,8-13-3)6-5-7-12/h9H,4-8,12H2,1-3H3. The van der Waals surface area contributed by atoms with Crippen molar-refractivity contribution in [2.75, 3.05) is 20.3 Å². The minimum Gasteiger partial charge on any atom is -0.381 e. The van der Waals surface area contributed by atoms with Gasteiger partial charge in [0.2, 0.25) is 0 Å². The molecule has 0 aliphatic rings. The van der Waals surface area contributed by atoms with Gasteiger partial charge in [-0.15, -0.1) is 0 Å². The zero-order valence-corrected chi connectivity index (χ0v) is 8.98. The predicted octanol–water partition coefficient (Wildman–Crippen LogP) is 2.13. The Balaban J connectivity index is 4.14. The summed E-state index contributed by atoms with van der Waals surface area (Å²) in [5.74, 6) is 0.0407. The minimum atomic E-state index is -1.19. The molecule has 0 aromatic rings. The first-order valence-electron chi connectivity index (χ1n) is 4.98. The van der Waals surface area contributed by atoms with Gasteiger partial charge in [0.15, 0.2) is 0 Å². The molecule has 0 rings (SSSR count). The van der Waals surface area contributed by atoms with Gasteiger partial charge in [-0.3, -0.25) is 0 Å². The summed E-state index contributed by atoms with van der Waals surface area (Å²) < 4.78 is 19.1. The van der Waals surface area contributed by atoms with Gasteiger partial charge in [0, 0.05) is 7.11 Å². The van der Waals surface area contributed by atoms with E-state index in [0.717, 1.165) is 12.8 Å². The van der Waals surface area contributed by atoms with Crippen molar-refractivity contribution < 1.29 is 9.13 Å². The lowest BCUT2D eigenvalue weighted by molar-refractivity contribution is -0.00805. The fraction of sp³-hybridized carbons (Fsp3) is 1.00. The Labute approximate surface area is 80.6 Å². The second-order valence-corrected chi connectivity index (χ2v) is 3.67. The maximum absolute atomic E-state index is 14.2. The van der Waals surface area contributed by atoms with E-state index in [2.05, 4.69) is 0 Å². The van der Waals surface area contributed by atoms with E-state index in [1.807, 2.05) is 13.8 Å². The molecule has 0 bridgehead atoms. The number of ether oxygens (including phenoxy) is 1. The van der Waals surface area contributed by atoms with Crippen molar-refractivity contribution >= 4 is 0 Å². The van der Waals surface area contributed by atoms with Crippen molar-refractivity contribution in [3.8, 4) is 0 Å². The molecule has 80 valence electrons. The Morgan fingerprint density at radius 3 is 2.54 bits per heavy atom. The zero-order valence-electron chi connectivity index (χ0n) is 8.98. The first kappa shape index (κ1) is 12.8. The Bertz CT molecular complexity index is 132. The highest BCUT2D eigenvalue weighted by Crippen LogP contribution is 2.30. The van der Waals surface area contributed by atoms with E-state index in [1.54, 1.807) is 7.11 Å². The van der Waals surface area contributed by atoms with Crippen LogP contribution in [0.2, 0.25) is 0 Å². The summed E-state index contributed by atoms with van der Waals surface area (Å²) in [6, 6.07) is 0. The lowest BCUT2D eigenvalue weighted by Crippen LogP contribution is -2.36. The summed E-state index contributed by atoms with van der Waals surface area (Å²) in [5.41, 5.74) is 4.17. The van der Waals surface area contributed by atoms with Gasteiger partial charge in [0.1, 0.15) is 5.67 Å². The van der Waals surface area contributed by atoms with Gasteiger partial charge in [0.05, 0.1) is 6.61 Å². The molecule has 2 nitrogen and oxygen atoms in total. The second kappa shape index (κ2) is 6.33. The topological polar surface area (TPSA) is 35.2 Å². The molecule has 0 heterocycles. The molecule has 0 spiro atoms. The molecule has 0 aromatic carbocycles. The molecule has 0 amide bonds. The summed E-state index contributed by atoms with van der Waals surface area (Å²) in [4.78, 5) is 0. The number of methoxy groups -OCH3 is 1. The molecular formula is C10H22FNO. The van der Waals surface area contributed by atoms with Crippen LogP contribution in [-0.4, -0.2) is 25.9 Å². The minimum absolute atomic E-state index is 0.0407. The largest absolute Gasteiger partial charge is 0.381 e. The number of alkyl halides is 1. The van der Waals surface area contributed by atoms with E-state index in [4.69, 9.17) is 10.5 Å². The lowest BCUT2D eigenvalue weighted by Gasteiger charge is -2.30. The highest BCUT2D eigenvalue weighted by molar-refractivity contribution is 4.84. The Hall–Kier alpha value is -0.150. The molecule has 0 aromatic heterocycles. The van der Waals surface area contributed by atoms with Crippen LogP contribution in [0.15, 0.2) is 0 Å². The molecule has 0 aliphatic carbocycles. The van der Waals surface area contributed by atoms with E-state index in [-0.39, 0.29) is 12.5 Å². The van der Waals surface area contributed by atoms with Crippen LogP contribution in [0.4, 0.5) is 4.39 Å². The maximum atomic E-state index is 14.2. The molecule has 13 heavy (non-hydrogen) atoms. The van der Waals surface area contributed by atoms with E-state index in [9.17, 15) is 4.39 Å². The van der Waals surface area contributed by atoms with Gasteiger partial charge >= 0.3 is 0 Å². The number of hydrogen-bond acceptors (Lipinski definition) is 2. The van der Waals surface area contributed by atoms with Crippen molar-refractivity contribution in [1.29, 1.82) is 0 Å². The monoisotopic (exact) mass is 191 g/mol. The first-order chi connectivity index (χ1) is 6.10. The van der Waals surface area contributed by atoms with E-state index >= 15 is 0 Å². The number of halogens is 1. The Morgan fingerprint density at radius 1 is 1.54 bits per heavy atom. The van der Waals surface area contributed by atoms with Crippen molar-refractivity contribution in [3.05, 3.63) is 0 Å². The second-order valence-electron chi connectivity index (χ2n) is 3.67. The first-order valence-corrected chi connectivity index (χ1v) is 4.98. The average Bonchev–Trinajstić information content (AvgIpc) is 2.14. The van der Waals surface area contributed by atoms with Crippen molar-refractivity contribution in [3.63, 3.8) is 0 Å². The summed E-state index contributed by atoms with van der Waals surface area (Å²) in [6.45, 7) is 4.65. The predicted molar refractivity (Wildman–Crippen MR) is 53.5 cm³/mol. The van der Waals surface area contributed by atoms with Crippen molar-refractivity contribution in [2.45, 2.75) is 38.8 Å². The molecule has 2 N–H and O–H groups in total. The summed E-state index contributed by atoms with van der Waals surface area (Å²) in [7, 11) is 1.54. The lowest BCUT2D eigenvalue weighted by atomic mass is 9.85. The molecule has 0 radical (unpaired) electrons. The van der Waals surface area contributed by atoms with E-state index < -0.39 is 5.67 Å². The highest BCUT2D eigenvalue weighted by atomic mass is 19.1. The van der Waals surface area contributed by atoms with Gasteiger partial charge in [0.25, 0.3) is 0 Å². The van der Waals surface area contributed by atoms with Gasteiger partial charge in [-0.05, 0) is 25.3 Å². The Morgan fingerprint density at radius 2 is 2.15 bits per heavy atom. The molecule has 0 saturated carbocycles. The number of nitrogens with two attached hydrogens (primary N) is 1. The smallest absolute Gasteiger partial charge is 0.136 e. The van der Waals surface area contributed by atoms with Crippen LogP contribution in [0.3, 0.4) is 0 Å². The average molecular weight is 191 g/mol. The van der Waals surface area contributed by atoms with Crippen LogP contribution in [-0.2, 0) is 4.74 Å². The van der Waals surface area contributed by atoms with Crippen LogP contribution in [0, 0.1) is 5.92 Å². The third-order valence-corrected chi connectivity index (χ3v) is 2.68. The Kier molecular flexibility index (Phi) is 6.25. The molecule has 0 saturated heterocycles. The maximum Gasteiger partial charge on any atom is 0.136 e. The van der Waals surface area contributed by atoms with Crippen LogP contribution < -0.4 is 5.73 Å². The fourth-order valence-electron chi connectivity index (χ4n) is 1.46. The summed E-state index contributed by atoms with van der Waals surface area (Å²) >= 11 is 0. The van der Waals surface area contributed by atoms with Gasteiger partial charge in [-0.25, -0.2) is 4.39 Å². The third kappa shape index (κ3) is 4.05. The SMILES string of the molecule is CCC(C)C(F)(CCCN)COC. The van der Waals surface area contributed by atoms with Gasteiger partial charge < -0.3 is 10.5 Å². The van der Waals surface area contributed by atoms with E-state index in [1.165, 1.54) is 0 Å².